The maximum absolute atomic E-state index is 11.8. The van der Waals surface area contributed by atoms with Gasteiger partial charge in [0.15, 0.2) is 5.65 Å². The van der Waals surface area contributed by atoms with E-state index in [2.05, 4.69) is 9.97 Å². The molecule has 3 heterocycles. The Hall–Kier alpha value is -2.93. The van der Waals surface area contributed by atoms with E-state index in [1.807, 2.05) is 46.0 Å². The number of carbonyl (C=O) groups is 1. The monoisotopic (exact) mass is 396 g/mol. The fraction of sp³-hybridized carbons (Fsp3) is 0.300. The third-order valence-corrected chi connectivity index (χ3v) is 5.25. The van der Waals surface area contributed by atoms with Crippen molar-refractivity contribution in [2.45, 2.75) is 25.8 Å². The molecule has 1 unspecified atom stereocenters. The average Bonchev–Trinajstić information content (AvgIpc) is 3.07. The van der Waals surface area contributed by atoms with Crippen molar-refractivity contribution in [3.05, 3.63) is 46.9 Å². The largest absolute Gasteiger partial charge is 0.383 e. The van der Waals surface area contributed by atoms with Crippen LogP contribution in [0.5, 0.6) is 0 Å². The van der Waals surface area contributed by atoms with Gasteiger partial charge in [-0.05, 0) is 36.6 Å². The van der Waals surface area contributed by atoms with Crippen molar-refractivity contribution in [3.8, 4) is 0 Å². The van der Waals surface area contributed by atoms with Gasteiger partial charge in [-0.2, -0.15) is 5.10 Å². The minimum absolute atomic E-state index is 0.0581. The highest BCUT2D eigenvalue weighted by atomic mass is 35.5. The van der Waals surface area contributed by atoms with E-state index in [1.54, 1.807) is 6.92 Å². The van der Waals surface area contributed by atoms with Crippen LogP contribution in [0.2, 0.25) is 5.02 Å². The second kappa shape index (κ2) is 7.59. The van der Waals surface area contributed by atoms with Gasteiger partial charge in [-0.15, -0.1) is 0 Å². The van der Waals surface area contributed by atoms with Gasteiger partial charge in [0.1, 0.15) is 12.1 Å². The molecule has 3 aromatic rings. The standard InChI is InChI=1S/C20H21ClN6O/c1-13(28)26-9-3-6-16(11-26)27-20-18(19(22)23-12-24-20)17(25-27)8-7-14-4-2-5-15(21)10-14/h2,4-5,7-8,10,12,16H,3,6,9,11H2,1H3,(H2,22,23,24)/b8-7+. The molecular formula is C20H21ClN6O. The fourth-order valence-electron chi connectivity index (χ4n) is 3.62. The molecule has 0 aliphatic carbocycles. The Labute approximate surface area is 167 Å². The molecule has 0 radical (unpaired) electrons. The molecule has 0 bridgehead atoms. The van der Waals surface area contributed by atoms with Gasteiger partial charge in [0.2, 0.25) is 5.91 Å². The zero-order valence-electron chi connectivity index (χ0n) is 15.5. The van der Waals surface area contributed by atoms with Crippen LogP contribution in [-0.4, -0.2) is 43.6 Å². The van der Waals surface area contributed by atoms with Crippen molar-refractivity contribution in [2.75, 3.05) is 18.8 Å². The Bertz CT molecular complexity index is 1060. The maximum atomic E-state index is 11.8. The highest BCUT2D eigenvalue weighted by Crippen LogP contribution is 2.29. The normalized spacial score (nSPS) is 17.5. The van der Waals surface area contributed by atoms with Gasteiger partial charge in [0.25, 0.3) is 0 Å². The molecule has 1 atom stereocenters. The predicted molar refractivity (Wildman–Crippen MR) is 111 cm³/mol. The van der Waals surface area contributed by atoms with E-state index in [4.69, 9.17) is 22.4 Å². The SMILES string of the molecule is CC(=O)N1CCCC(n2nc(/C=C/c3cccc(Cl)c3)c3c(N)ncnc32)C1. The summed E-state index contributed by atoms with van der Waals surface area (Å²) in [6.45, 7) is 3.00. The van der Waals surface area contributed by atoms with Gasteiger partial charge in [-0.1, -0.05) is 29.8 Å². The van der Waals surface area contributed by atoms with Gasteiger partial charge in [-0.25, -0.2) is 14.6 Å². The summed E-state index contributed by atoms with van der Waals surface area (Å²) in [5, 5.41) is 6.18. The van der Waals surface area contributed by atoms with Gasteiger partial charge >= 0.3 is 0 Å². The van der Waals surface area contributed by atoms with Crippen molar-refractivity contribution in [1.29, 1.82) is 0 Å². The minimum atomic E-state index is 0.0581. The third kappa shape index (κ3) is 3.57. The van der Waals surface area contributed by atoms with Gasteiger partial charge in [0, 0.05) is 25.0 Å². The zero-order valence-corrected chi connectivity index (χ0v) is 16.3. The van der Waals surface area contributed by atoms with E-state index in [0.29, 0.717) is 28.7 Å². The number of aromatic nitrogens is 4. The van der Waals surface area contributed by atoms with Gasteiger partial charge in [0.05, 0.1) is 17.1 Å². The number of hydrogen-bond acceptors (Lipinski definition) is 5. The molecule has 8 heteroatoms. The molecule has 4 rings (SSSR count). The predicted octanol–water partition coefficient (Wildman–Crippen LogP) is 3.42. The first kappa shape index (κ1) is 18.4. The molecule has 1 saturated heterocycles. The Morgan fingerprint density at radius 3 is 2.96 bits per heavy atom. The maximum Gasteiger partial charge on any atom is 0.219 e. The molecule has 1 aromatic carbocycles. The molecule has 1 fully saturated rings. The van der Waals surface area contributed by atoms with Crippen molar-refractivity contribution in [3.63, 3.8) is 0 Å². The van der Waals surface area contributed by atoms with Crippen LogP contribution in [0, 0.1) is 0 Å². The molecule has 2 aromatic heterocycles. The first-order valence-corrected chi connectivity index (χ1v) is 9.58. The molecule has 0 spiro atoms. The number of rotatable bonds is 3. The van der Waals surface area contributed by atoms with Crippen LogP contribution >= 0.6 is 11.6 Å². The van der Waals surface area contributed by atoms with E-state index >= 15 is 0 Å². The number of piperidine rings is 1. The van der Waals surface area contributed by atoms with Crippen molar-refractivity contribution >= 4 is 46.5 Å². The Kier molecular flexibility index (Phi) is 5.00. The van der Waals surface area contributed by atoms with Crippen LogP contribution in [0.4, 0.5) is 5.82 Å². The van der Waals surface area contributed by atoms with Crippen LogP contribution in [0.25, 0.3) is 23.2 Å². The number of nitrogens with two attached hydrogens (primary N) is 1. The molecule has 144 valence electrons. The van der Waals surface area contributed by atoms with Gasteiger partial charge in [-0.3, -0.25) is 4.79 Å². The van der Waals surface area contributed by atoms with Crippen LogP contribution in [0.15, 0.2) is 30.6 Å². The summed E-state index contributed by atoms with van der Waals surface area (Å²) in [5.41, 5.74) is 8.50. The summed E-state index contributed by atoms with van der Waals surface area (Å²) in [6.07, 6.45) is 7.15. The second-order valence-corrected chi connectivity index (χ2v) is 7.37. The van der Waals surface area contributed by atoms with Crippen molar-refractivity contribution < 1.29 is 4.79 Å². The Balaban J connectivity index is 1.75. The summed E-state index contributed by atoms with van der Waals surface area (Å²) in [5.74, 6) is 0.470. The number of nitrogens with zero attached hydrogens (tertiary/aromatic N) is 5. The second-order valence-electron chi connectivity index (χ2n) is 6.94. The fourth-order valence-corrected chi connectivity index (χ4v) is 3.82. The lowest BCUT2D eigenvalue weighted by molar-refractivity contribution is -0.130. The van der Waals surface area contributed by atoms with Crippen LogP contribution < -0.4 is 5.73 Å². The summed E-state index contributed by atoms with van der Waals surface area (Å²) >= 11 is 6.07. The zero-order chi connectivity index (χ0) is 19.7. The van der Waals surface area contributed by atoms with E-state index < -0.39 is 0 Å². The van der Waals surface area contributed by atoms with E-state index in [9.17, 15) is 4.79 Å². The molecular weight excluding hydrogens is 376 g/mol. The number of nitrogen functional groups attached to an aromatic ring is 1. The topological polar surface area (TPSA) is 89.9 Å². The lowest BCUT2D eigenvalue weighted by atomic mass is 10.1. The van der Waals surface area contributed by atoms with E-state index in [0.717, 1.165) is 30.3 Å². The average molecular weight is 397 g/mol. The third-order valence-electron chi connectivity index (χ3n) is 5.02. The number of fused-ring (bicyclic) bond motifs is 1. The molecule has 1 aliphatic heterocycles. The number of halogens is 1. The summed E-state index contributed by atoms with van der Waals surface area (Å²) in [7, 11) is 0. The molecule has 1 aliphatic rings. The number of likely N-dealkylation sites (tertiary alicyclic amines) is 1. The highest BCUT2D eigenvalue weighted by molar-refractivity contribution is 6.30. The van der Waals surface area contributed by atoms with Crippen LogP contribution in [0.1, 0.15) is 37.1 Å². The lowest BCUT2D eigenvalue weighted by Crippen LogP contribution is -2.39. The number of benzene rings is 1. The smallest absolute Gasteiger partial charge is 0.219 e. The molecule has 2 N–H and O–H groups in total. The number of hydrogen-bond donors (Lipinski definition) is 1. The molecule has 1 amide bonds. The van der Waals surface area contributed by atoms with E-state index in [1.165, 1.54) is 6.33 Å². The van der Waals surface area contributed by atoms with Crippen LogP contribution in [-0.2, 0) is 4.79 Å². The first-order valence-electron chi connectivity index (χ1n) is 9.21. The number of carbonyl (C=O) groups excluding carboxylic acids is 1. The molecule has 7 nitrogen and oxygen atoms in total. The Morgan fingerprint density at radius 2 is 2.18 bits per heavy atom. The summed E-state index contributed by atoms with van der Waals surface area (Å²) < 4.78 is 1.89. The minimum Gasteiger partial charge on any atom is -0.383 e. The van der Waals surface area contributed by atoms with Crippen molar-refractivity contribution in [1.82, 2.24) is 24.6 Å². The lowest BCUT2D eigenvalue weighted by Gasteiger charge is -2.32. The quantitative estimate of drug-likeness (QED) is 0.732. The summed E-state index contributed by atoms with van der Waals surface area (Å²) in [6, 6.07) is 7.63. The van der Waals surface area contributed by atoms with Crippen LogP contribution in [0.3, 0.4) is 0 Å². The molecule has 0 saturated carbocycles. The number of amides is 1. The highest BCUT2D eigenvalue weighted by Gasteiger charge is 2.26. The first-order chi connectivity index (χ1) is 13.5. The Morgan fingerprint density at radius 1 is 1.32 bits per heavy atom. The number of anilines is 1. The van der Waals surface area contributed by atoms with Gasteiger partial charge < -0.3 is 10.6 Å². The summed E-state index contributed by atoms with van der Waals surface area (Å²) in [4.78, 5) is 22.2. The molecule has 28 heavy (non-hydrogen) atoms. The van der Waals surface area contributed by atoms with Crippen molar-refractivity contribution in [2.24, 2.45) is 0 Å². The van der Waals surface area contributed by atoms with E-state index in [-0.39, 0.29) is 11.9 Å².